The molecule has 6 heteroatoms. The number of carboxylic acids is 1. The smallest absolute Gasteiger partial charge is 0.475 e. The lowest BCUT2D eigenvalue weighted by Crippen LogP contribution is -2.27. The highest BCUT2D eigenvalue weighted by molar-refractivity contribution is 5.73. The van der Waals surface area contributed by atoms with Crippen molar-refractivity contribution >= 4 is 5.97 Å². The highest BCUT2D eigenvalue weighted by Crippen LogP contribution is 2.17. The van der Waals surface area contributed by atoms with Crippen LogP contribution in [0.25, 0.3) is 0 Å². The predicted octanol–water partition coefficient (Wildman–Crippen LogP) is 18.4. The average molecular weight is 804 g/mol. The van der Waals surface area contributed by atoms with E-state index in [2.05, 4.69) is 25.7 Å². The number of halogens is 3. The van der Waals surface area contributed by atoms with Crippen molar-refractivity contribution in [1.29, 1.82) is 0 Å². The average Bonchev–Trinajstić information content (AvgIpc) is 3.17. The number of carboxylic acid groups (broad SMARTS) is 1. The first-order valence-corrected chi connectivity index (χ1v) is 25.3. The van der Waals surface area contributed by atoms with Crippen LogP contribution >= 0.6 is 0 Å². The third-order valence-electron chi connectivity index (χ3n) is 11.7. The van der Waals surface area contributed by atoms with Gasteiger partial charge in [-0.25, -0.2) is 4.79 Å². The molecule has 0 amide bonds. The Labute approximate surface area is 349 Å². The molecule has 0 aliphatic carbocycles. The van der Waals surface area contributed by atoms with Gasteiger partial charge < -0.3 is 10.0 Å². The summed E-state index contributed by atoms with van der Waals surface area (Å²) in [7, 11) is 0. The second-order valence-corrected chi connectivity index (χ2v) is 17.4. The van der Waals surface area contributed by atoms with E-state index in [1.165, 1.54) is 289 Å². The van der Waals surface area contributed by atoms with Crippen LogP contribution in [0.3, 0.4) is 0 Å². The summed E-state index contributed by atoms with van der Waals surface area (Å²) in [5.74, 6) is -2.76. The van der Waals surface area contributed by atoms with Crippen molar-refractivity contribution in [2.45, 2.75) is 297 Å². The van der Waals surface area contributed by atoms with Crippen LogP contribution in [-0.2, 0) is 4.79 Å². The Hall–Kier alpha value is -0.780. The first kappa shape index (κ1) is 57.3. The molecule has 0 radical (unpaired) electrons. The molecular weight excluding hydrogens is 704 g/mol. The van der Waals surface area contributed by atoms with E-state index in [9.17, 15) is 13.2 Å². The van der Waals surface area contributed by atoms with Gasteiger partial charge in [0.05, 0.1) is 0 Å². The summed E-state index contributed by atoms with van der Waals surface area (Å²) >= 11 is 0. The largest absolute Gasteiger partial charge is 0.490 e. The number of unbranched alkanes of at least 4 members (excludes halogenated alkanes) is 39. The number of alkyl halides is 3. The maximum Gasteiger partial charge on any atom is 0.490 e. The fraction of sp³-hybridized carbons (Fsp3) is 0.980. The molecule has 0 aliphatic rings. The number of aliphatic carboxylic acids is 1. The van der Waals surface area contributed by atoms with Gasteiger partial charge in [-0.1, -0.05) is 271 Å². The molecule has 0 fully saturated rings. The fourth-order valence-corrected chi connectivity index (χ4v) is 7.93. The van der Waals surface area contributed by atoms with Crippen LogP contribution in [0.4, 0.5) is 13.2 Å². The first-order valence-electron chi connectivity index (χ1n) is 25.3. The lowest BCUT2D eigenvalue weighted by molar-refractivity contribution is -0.192. The summed E-state index contributed by atoms with van der Waals surface area (Å²) in [6.45, 7) is 11.1. The minimum absolute atomic E-state index is 1.37. The maximum absolute atomic E-state index is 10.6. The van der Waals surface area contributed by atoms with E-state index in [0.29, 0.717) is 0 Å². The maximum atomic E-state index is 10.6. The monoisotopic (exact) mass is 804 g/mol. The molecule has 0 spiro atoms. The molecule has 3 nitrogen and oxygen atoms in total. The van der Waals surface area contributed by atoms with Gasteiger partial charge in [-0.3, -0.25) is 0 Å². The number of carbonyl (C=O) groups is 1. The van der Waals surface area contributed by atoms with Crippen LogP contribution in [0.5, 0.6) is 0 Å². The molecule has 0 atom stereocenters. The van der Waals surface area contributed by atoms with Gasteiger partial charge in [-0.2, -0.15) is 13.2 Å². The second-order valence-electron chi connectivity index (χ2n) is 17.4. The Kier molecular flexibility index (Phi) is 49.7. The fourth-order valence-electron chi connectivity index (χ4n) is 7.93. The molecule has 0 aromatic heterocycles. The molecule has 1 N–H and O–H groups in total. The van der Waals surface area contributed by atoms with Crippen molar-refractivity contribution in [3.05, 3.63) is 0 Å². The van der Waals surface area contributed by atoms with Gasteiger partial charge in [0.15, 0.2) is 0 Å². The molecule has 0 saturated carbocycles. The third-order valence-corrected chi connectivity index (χ3v) is 11.7. The molecule has 0 rings (SSSR count). The zero-order valence-corrected chi connectivity index (χ0v) is 38.3. The molecule has 338 valence electrons. The summed E-state index contributed by atoms with van der Waals surface area (Å²) in [5, 5.41) is 7.12. The lowest BCUT2D eigenvalue weighted by atomic mass is 10.0. The van der Waals surface area contributed by atoms with E-state index in [1.54, 1.807) is 0 Å². The second kappa shape index (κ2) is 48.6. The summed E-state index contributed by atoms with van der Waals surface area (Å²) in [6, 6.07) is 0. The lowest BCUT2D eigenvalue weighted by Gasteiger charge is -2.22. The molecule has 0 aliphatic heterocycles. The van der Waals surface area contributed by atoms with Crippen LogP contribution in [0.15, 0.2) is 0 Å². The van der Waals surface area contributed by atoms with E-state index in [1.807, 2.05) is 0 Å². The highest BCUT2D eigenvalue weighted by atomic mass is 19.4. The van der Waals surface area contributed by atoms with Crippen LogP contribution in [0.2, 0.25) is 0 Å². The van der Waals surface area contributed by atoms with Crippen molar-refractivity contribution in [2.24, 2.45) is 0 Å². The van der Waals surface area contributed by atoms with Gasteiger partial charge in [-0.15, -0.1) is 0 Å². The van der Waals surface area contributed by atoms with Crippen molar-refractivity contribution < 1.29 is 23.1 Å². The molecule has 0 saturated heterocycles. The van der Waals surface area contributed by atoms with Crippen LogP contribution < -0.4 is 0 Å². The SMILES string of the molecule is CCCCCCCCCCCCCCCCN(CCCCCCCCCCCCCCCC)CCCCCCCCCCCCCCCC.O=C(O)C(F)(F)F. The highest BCUT2D eigenvalue weighted by Gasteiger charge is 2.38. The van der Waals surface area contributed by atoms with E-state index in [0.717, 1.165) is 0 Å². The van der Waals surface area contributed by atoms with E-state index >= 15 is 0 Å². The molecule has 0 aromatic rings. The number of hydrogen-bond acceptors (Lipinski definition) is 2. The first-order chi connectivity index (χ1) is 27.3. The van der Waals surface area contributed by atoms with E-state index < -0.39 is 12.1 Å². The molecular formula is C50H100F3NO2. The Balaban J connectivity index is 0. The summed E-state index contributed by atoms with van der Waals surface area (Å²) in [6.07, 6.45) is 56.5. The summed E-state index contributed by atoms with van der Waals surface area (Å²) in [4.78, 5) is 11.8. The molecule has 0 heterocycles. The van der Waals surface area contributed by atoms with Gasteiger partial charge in [0.2, 0.25) is 0 Å². The van der Waals surface area contributed by atoms with Gasteiger partial charge in [-0.05, 0) is 38.9 Å². The van der Waals surface area contributed by atoms with Crippen molar-refractivity contribution in [2.75, 3.05) is 19.6 Å². The minimum Gasteiger partial charge on any atom is -0.475 e. The number of nitrogens with zero attached hydrogens (tertiary/aromatic N) is 1. The van der Waals surface area contributed by atoms with E-state index in [-0.39, 0.29) is 0 Å². The topological polar surface area (TPSA) is 40.5 Å². The Bertz CT molecular complexity index is 656. The third kappa shape index (κ3) is 51.2. The Morgan fingerprint density at radius 1 is 0.321 bits per heavy atom. The molecule has 0 unspecified atom stereocenters. The summed E-state index contributed by atoms with van der Waals surface area (Å²) in [5.41, 5.74) is 0. The van der Waals surface area contributed by atoms with Gasteiger partial charge in [0.25, 0.3) is 0 Å². The molecule has 0 aromatic carbocycles. The van der Waals surface area contributed by atoms with Crippen LogP contribution in [-0.4, -0.2) is 41.8 Å². The minimum atomic E-state index is -5.08. The van der Waals surface area contributed by atoms with Gasteiger partial charge in [0.1, 0.15) is 0 Å². The standard InChI is InChI=1S/C48H99N.C2HF3O2/c1-4-7-10-13-16-19-22-25-28-31-34-37-40-43-46-49(47-44-41-38-35-32-29-26-23-20-17-14-11-8-5-2)48-45-42-39-36-33-30-27-24-21-18-15-12-9-6-3;3-2(4,5)1(6)7/h4-48H2,1-3H3;(H,6,7). The van der Waals surface area contributed by atoms with Crippen molar-refractivity contribution in [3.63, 3.8) is 0 Å². The van der Waals surface area contributed by atoms with Crippen molar-refractivity contribution in [3.8, 4) is 0 Å². The van der Waals surface area contributed by atoms with Crippen molar-refractivity contribution in [1.82, 2.24) is 4.90 Å². The Morgan fingerprint density at radius 3 is 0.571 bits per heavy atom. The zero-order valence-electron chi connectivity index (χ0n) is 38.3. The molecule has 56 heavy (non-hydrogen) atoms. The zero-order chi connectivity index (χ0) is 41.5. The van der Waals surface area contributed by atoms with E-state index in [4.69, 9.17) is 9.90 Å². The quantitative estimate of drug-likeness (QED) is 0.0624. The van der Waals surface area contributed by atoms with Crippen LogP contribution in [0, 0.1) is 0 Å². The van der Waals surface area contributed by atoms with Gasteiger partial charge in [0, 0.05) is 0 Å². The summed E-state index contributed by atoms with van der Waals surface area (Å²) < 4.78 is 31.7. The normalized spacial score (nSPS) is 11.7. The number of rotatable bonds is 45. The van der Waals surface area contributed by atoms with Crippen LogP contribution in [0.1, 0.15) is 290 Å². The predicted molar refractivity (Wildman–Crippen MR) is 241 cm³/mol. The number of hydrogen-bond donors (Lipinski definition) is 1. The van der Waals surface area contributed by atoms with Gasteiger partial charge >= 0.3 is 12.1 Å². The molecule has 0 bridgehead atoms. The Morgan fingerprint density at radius 2 is 0.446 bits per heavy atom.